The molecule has 5 heteroatoms. The summed E-state index contributed by atoms with van der Waals surface area (Å²) >= 11 is 1.96. The standard InChI is InChI=1S/C11H20F3NS/c12-11(13,14)5-1-2-10(15)8-9-3-6-16-7-4-9/h9-10H,1-8,15H2. The number of thioether (sulfide) groups is 1. The molecule has 0 aromatic heterocycles. The van der Waals surface area contributed by atoms with Gasteiger partial charge in [-0.05, 0) is 49.5 Å². The molecule has 1 aliphatic heterocycles. The third-order valence-electron chi connectivity index (χ3n) is 3.01. The van der Waals surface area contributed by atoms with Crippen LogP contribution in [0.1, 0.15) is 38.5 Å². The lowest BCUT2D eigenvalue weighted by Gasteiger charge is -2.24. The van der Waals surface area contributed by atoms with Crippen LogP contribution in [0.3, 0.4) is 0 Å². The Morgan fingerprint density at radius 1 is 1.25 bits per heavy atom. The molecule has 1 rings (SSSR count). The number of hydrogen-bond acceptors (Lipinski definition) is 2. The van der Waals surface area contributed by atoms with E-state index >= 15 is 0 Å². The van der Waals surface area contributed by atoms with Gasteiger partial charge in [-0.1, -0.05) is 0 Å². The fourth-order valence-electron chi connectivity index (χ4n) is 2.09. The SMILES string of the molecule is NC(CCCC(F)(F)F)CC1CCSCC1. The molecule has 0 aromatic carbocycles. The zero-order valence-electron chi connectivity index (χ0n) is 9.43. The Labute approximate surface area is 99.3 Å². The first kappa shape index (κ1) is 14.2. The molecule has 0 spiro atoms. The van der Waals surface area contributed by atoms with Gasteiger partial charge in [-0.2, -0.15) is 24.9 Å². The second kappa shape index (κ2) is 6.74. The molecule has 16 heavy (non-hydrogen) atoms. The number of hydrogen-bond donors (Lipinski definition) is 1. The first-order valence-electron chi connectivity index (χ1n) is 5.87. The van der Waals surface area contributed by atoms with E-state index in [4.69, 9.17) is 5.73 Å². The Hall–Kier alpha value is 0.100. The molecule has 2 N–H and O–H groups in total. The average molecular weight is 255 g/mol. The van der Waals surface area contributed by atoms with Crippen molar-refractivity contribution in [2.75, 3.05) is 11.5 Å². The van der Waals surface area contributed by atoms with Crippen LogP contribution in [0, 0.1) is 5.92 Å². The van der Waals surface area contributed by atoms with Crippen LogP contribution < -0.4 is 5.73 Å². The average Bonchev–Trinajstić information content (AvgIpc) is 2.17. The molecule has 96 valence electrons. The fraction of sp³-hybridized carbons (Fsp3) is 1.00. The predicted molar refractivity (Wildman–Crippen MR) is 62.5 cm³/mol. The zero-order valence-corrected chi connectivity index (χ0v) is 10.2. The lowest BCUT2D eigenvalue weighted by Crippen LogP contribution is -2.26. The van der Waals surface area contributed by atoms with Gasteiger partial charge < -0.3 is 5.73 Å². The fourth-order valence-corrected chi connectivity index (χ4v) is 3.30. The van der Waals surface area contributed by atoms with Gasteiger partial charge in [-0.3, -0.25) is 0 Å². The molecule has 0 radical (unpaired) electrons. The van der Waals surface area contributed by atoms with E-state index in [1.165, 1.54) is 24.3 Å². The zero-order chi connectivity index (χ0) is 12.0. The van der Waals surface area contributed by atoms with Crippen LogP contribution in [-0.4, -0.2) is 23.7 Å². The van der Waals surface area contributed by atoms with Crippen molar-refractivity contribution < 1.29 is 13.2 Å². The highest BCUT2D eigenvalue weighted by molar-refractivity contribution is 7.99. The predicted octanol–water partition coefficient (Wildman–Crippen LogP) is 3.58. The number of rotatable bonds is 5. The molecule has 1 aliphatic rings. The summed E-state index contributed by atoms with van der Waals surface area (Å²) in [6.07, 6.45) is -0.786. The molecule has 0 bridgehead atoms. The first-order chi connectivity index (χ1) is 7.47. The van der Waals surface area contributed by atoms with Crippen LogP contribution in [0.2, 0.25) is 0 Å². The van der Waals surface area contributed by atoms with Gasteiger partial charge in [0.05, 0.1) is 0 Å². The van der Waals surface area contributed by atoms with E-state index in [9.17, 15) is 13.2 Å². The van der Waals surface area contributed by atoms with Gasteiger partial charge in [0, 0.05) is 12.5 Å². The third kappa shape index (κ3) is 6.63. The lowest BCUT2D eigenvalue weighted by molar-refractivity contribution is -0.135. The maximum Gasteiger partial charge on any atom is 0.389 e. The molecule has 1 saturated heterocycles. The van der Waals surface area contributed by atoms with E-state index in [0.29, 0.717) is 12.3 Å². The van der Waals surface area contributed by atoms with Gasteiger partial charge >= 0.3 is 6.18 Å². The van der Waals surface area contributed by atoms with Crippen LogP contribution in [0.5, 0.6) is 0 Å². The molecule has 0 amide bonds. The van der Waals surface area contributed by atoms with Crippen molar-refractivity contribution in [1.82, 2.24) is 0 Å². The topological polar surface area (TPSA) is 26.0 Å². The van der Waals surface area contributed by atoms with Crippen molar-refractivity contribution in [2.24, 2.45) is 11.7 Å². The van der Waals surface area contributed by atoms with Crippen molar-refractivity contribution in [3.63, 3.8) is 0 Å². The second-order valence-electron chi connectivity index (χ2n) is 4.56. The van der Waals surface area contributed by atoms with Gasteiger partial charge in [-0.15, -0.1) is 0 Å². The molecule has 0 saturated carbocycles. The smallest absolute Gasteiger partial charge is 0.328 e. The van der Waals surface area contributed by atoms with Gasteiger partial charge in [-0.25, -0.2) is 0 Å². The molecule has 0 aliphatic carbocycles. The Kier molecular flexibility index (Phi) is 5.97. The van der Waals surface area contributed by atoms with E-state index < -0.39 is 12.6 Å². The lowest BCUT2D eigenvalue weighted by atomic mass is 9.92. The summed E-state index contributed by atoms with van der Waals surface area (Å²) in [4.78, 5) is 0. The van der Waals surface area contributed by atoms with Crippen molar-refractivity contribution in [3.8, 4) is 0 Å². The number of alkyl halides is 3. The normalized spacial score (nSPS) is 21.0. The second-order valence-corrected chi connectivity index (χ2v) is 5.78. The maximum absolute atomic E-state index is 11.9. The largest absolute Gasteiger partial charge is 0.389 e. The highest BCUT2D eigenvalue weighted by atomic mass is 32.2. The van der Waals surface area contributed by atoms with Gasteiger partial charge in [0.2, 0.25) is 0 Å². The summed E-state index contributed by atoms with van der Waals surface area (Å²) in [5, 5.41) is 0. The molecular weight excluding hydrogens is 235 g/mol. The minimum atomic E-state index is -4.03. The highest BCUT2D eigenvalue weighted by Crippen LogP contribution is 2.28. The Morgan fingerprint density at radius 2 is 1.88 bits per heavy atom. The van der Waals surface area contributed by atoms with Crippen molar-refractivity contribution in [2.45, 2.75) is 50.7 Å². The monoisotopic (exact) mass is 255 g/mol. The summed E-state index contributed by atoms with van der Waals surface area (Å²) in [5.74, 6) is 3.00. The van der Waals surface area contributed by atoms with Crippen LogP contribution in [0.25, 0.3) is 0 Å². The van der Waals surface area contributed by atoms with Crippen molar-refractivity contribution >= 4 is 11.8 Å². The number of halogens is 3. The minimum Gasteiger partial charge on any atom is -0.328 e. The first-order valence-corrected chi connectivity index (χ1v) is 7.03. The molecule has 1 heterocycles. The third-order valence-corrected chi connectivity index (χ3v) is 4.06. The molecular formula is C11H20F3NS. The Morgan fingerprint density at radius 3 is 2.44 bits per heavy atom. The van der Waals surface area contributed by atoms with E-state index in [1.807, 2.05) is 11.8 Å². The summed E-state index contributed by atoms with van der Waals surface area (Å²) in [6, 6.07) is -0.0459. The van der Waals surface area contributed by atoms with E-state index in [2.05, 4.69) is 0 Å². The van der Waals surface area contributed by atoms with Gasteiger partial charge in [0.15, 0.2) is 0 Å². The molecule has 1 nitrogen and oxygen atoms in total. The Balaban J connectivity index is 2.08. The van der Waals surface area contributed by atoms with E-state index in [-0.39, 0.29) is 12.5 Å². The van der Waals surface area contributed by atoms with Crippen molar-refractivity contribution in [3.05, 3.63) is 0 Å². The highest BCUT2D eigenvalue weighted by Gasteiger charge is 2.26. The van der Waals surface area contributed by atoms with Crippen LogP contribution in [0.15, 0.2) is 0 Å². The van der Waals surface area contributed by atoms with E-state index in [0.717, 1.165) is 6.42 Å². The molecule has 1 atom stereocenters. The Bertz CT molecular complexity index is 190. The van der Waals surface area contributed by atoms with E-state index in [1.54, 1.807) is 0 Å². The van der Waals surface area contributed by atoms with Gasteiger partial charge in [0.25, 0.3) is 0 Å². The molecule has 1 unspecified atom stereocenters. The van der Waals surface area contributed by atoms with Gasteiger partial charge in [0.1, 0.15) is 0 Å². The quantitative estimate of drug-likeness (QED) is 0.812. The van der Waals surface area contributed by atoms with Crippen LogP contribution in [0.4, 0.5) is 13.2 Å². The molecule has 0 aromatic rings. The van der Waals surface area contributed by atoms with Crippen LogP contribution >= 0.6 is 11.8 Å². The number of nitrogens with two attached hydrogens (primary N) is 1. The summed E-state index contributed by atoms with van der Waals surface area (Å²) < 4.78 is 35.8. The summed E-state index contributed by atoms with van der Waals surface area (Å²) in [5.41, 5.74) is 5.86. The van der Waals surface area contributed by atoms with Crippen LogP contribution in [-0.2, 0) is 0 Å². The minimum absolute atomic E-state index is 0.0459. The maximum atomic E-state index is 11.9. The summed E-state index contributed by atoms with van der Waals surface area (Å²) in [6.45, 7) is 0. The summed E-state index contributed by atoms with van der Waals surface area (Å²) in [7, 11) is 0. The molecule has 1 fully saturated rings. The van der Waals surface area contributed by atoms with Crippen molar-refractivity contribution in [1.29, 1.82) is 0 Å².